The van der Waals surface area contributed by atoms with Crippen LogP contribution < -0.4 is 4.74 Å². The van der Waals surface area contributed by atoms with E-state index in [-0.39, 0.29) is 0 Å². The van der Waals surface area contributed by atoms with E-state index in [0.717, 1.165) is 5.75 Å². The lowest BCUT2D eigenvalue weighted by Crippen LogP contribution is -2.15. The van der Waals surface area contributed by atoms with Crippen LogP contribution in [0.15, 0.2) is 64.4 Å². The highest BCUT2D eigenvalue weighted by molar-refractivity contribution is 7.99. The second kappa shape index (κ2) is 7.22. The van der Waals surface area contributed by atoms with Gasteiger partial charge in [-0.05, 0) is 42.8 Å². The molecule has 0 aromatic heterocycles. The summed E-state index contributed by atoms with van der Waals surface area (Å²) in [4.78, 5) is 2.40. The minimum absolute atomic E-state index is 0.349. The summed E-state index contributed by atoms with van der Waals surface area (Å²) < 4.78 is 5.50. The number of hydrogen-bond donors (Lipinski definition) is 1. The molecule has 0 aliphatic rings. The predicted molar refractivity (Wildman–Crippen MR) is 78.8 cm³/mol. The number of hydrogen-bond acceptors (Lipinski definition) is 3. The van der Waals surface area contributed by atoms with Crippen molar-refractivity contribution in [3.8, 4) is 5.75 Å². The molecule has 1 N–H and O–H groups in total. The summed E-state index contributed by atoms with van der Waals surface area (Å²) in [5.41, 5.74) is 0. The molecule has 2 rings (SSSR count). The molecule has 2 aromatic carbocycles. The van der Waals surface area contributed by atoms with E-state index in [4.69, 9.17) is 4.74 Å². The molecular formula is C16H18O2S. The molecule has 3 heteroatoms. The van der Waals surface area contributed by atoms with Crippen LogP contribution in [0.25, 0.3) is 0 Å². The summed E-state index contributed by atoms with van der Waals surface area (Å²) in [6.45, 7) is 2.29. The topological polar surface area (TPSA) is 29.5 Å². The third kappa shape index (κ3) is 4.62. The molecule has 19 heavy (non-hydrogen) atoms. The third-order valence-corrected chi connectivity index (χ3v) is 3.73. The van der Waals surface area contributed by atoms with E-state index in [1.807, 2.05) is 49.4 Å². The summed E-state index contributed by atoms with van der Waals surface area (Å²) in [6, 6.07) is 18.2. The zero-order chi connectivity index (χ0) is 13.5. The summed E-state index contributed by atoms with van der Waals surface area (Å²) in [7, 11) is 0. The van der Waals surface area contributed by atoms with Gasteiger partial charge in [0.2, 0.25) is 0 Å². The largest absolute Gasteiger partial charge is 0.491 e. The standard InChI is InChI=1S/C16H18O2S/c1-2-13(17)12-18-14-8-10-16(11-9-14)19-15-6-4-3-5-7-15/h3-11,13,17H,2,12H2,1H3. The highest BCUT2D eigenvalue weighted by atomic mass is 32.2. The summed E-state index contributed by atoms with van der Waals surface area (Å²) in [5.74, 6) is 0.796. The van der Waals surface area contributed by atoms with Crippen LogP contribution in [0.2, 0.25) is 0 Å². The maximum Gasteiger partial charge on any atom is 0.119 e. The number of benzene rings is 2. The van der Waals surface area contributed by atoms with Gasteiger partial charge in [-0.25, -0.2) is 0 Å². The zero-order valence-corrected chi connectivity index (χ0v) is 11.8. The summed E-state index contributed by atoms with van der Waals surface area (Å²) in [5, 5.41) is 9.44. The summed E-state index contributed by atoms with van der Waals surface area (Å²) >= 11 is 1.72. The van der Waals surface area contributed by atoms with Crippen molar-refractivity contribution in [3.63, 3.8) is 0 Å². The van der Waals surface area contributed by atoms with E-state index in [1.165, 1.54) is 9.79 Å². The first-order chi connectivity index (χ1) is 9.28. The maximum atomic E-state index is 9.44. The first-order valence-electron chi connectivity index (χ1n) is 6.41. The zero-order valence-electron chi connectivity index (χ0n) is 11.0. The highest BCUT2D eigenvalue weighted by Gasteiger charge is 2.02. The van der Waals surface area contributed by atoms with Gasteiger partial charge in [-0.1, -0.05) is 36.9 Å². The highest BCUT2D eigenvalue weighted by Crippen LogP contribution is 2.28. The van der Waals surface area contributed by atoms with Gasteiger partial charge in [-0.2, -0.15) is 0 Å². The van der Waals surface area contributed by atoms with Crippen LogP contribution >= 0.6 is 11.8 Å². The van der Waals surface area contributed by atoms with Crippen molar-refractivity contribution in [1.82, 2.24) is 0 Å². The normalized spacial score (nSPS) is 12.1. The van der Waals surface area contributed by atoms with Crippen LogP contribution in [-0.4, -0.2) is 17.8 Å². The Bertz CT molecular complexity index is 482. The quantitative estimate of drug-likeness (QED) is 0.863. The van der Waals surface area contributed by atoms with Crippen molar-refractivity contribution in [2.45, 2.75) is 29.2 Å². The fourth-order valence-electron chi connectivity index (χ4n) is 1.54. The molecule has 0 heterocycles. The van der Waals surface area contributed by atoms with Crippen LogP contribution in [0.5, 0.6) is 5.75 Å². The van der Waals surface area contributed by atoms with Gasteiger partial charge >= 0.3 is 0 Å². The molecule has 0 fully saturated rings. The number of ether oxygens (including phenoxy) is 1. The molecule has 0 saturated heterocycles. The van der Waals surface area contributed by atoms with Gasteiger partial charge in [-0.3, -0.25) is 0 Å². The predicted octanol–water partition coefficient (Wildman–Crippen LogP) is 3.99. The Hall–Kier alpha value is -1.45. The molecule has 1 atom stereocenters. The van der Waals surface area contributed by atoms with Gasteiger partial charge in [-0.15, -0.1) is 0 Å². The van der Waals surface area contributed by atoms with Crippen LogP contribution in [-0.2, 0) is 0 Å². The van der Waals surface area contributed by atoms with Gasteiger partial charge in [0.1, 0.15) is 12.4 Å². The number of aliphatic hydroxyl groups is 1. The molecule has 1 unspecified atom stereocenters. The molecular weight excluding hydrogens is 256 g/mol. The van der Waals surface area contributed by atoms with Gasteiger partial charge in [0.15, 0.2) is 0 Å². The van der Waals surface area contributed by atoms with E-state index in [2.05, 4.69) is 12.1 Å². The average Bonchev–Trinajstić information content (AvgIpc) is 2.47. The van der Waals surface area contributed by atoms with Crippen LogP contribution in [0.4, 0.5) is 0 Å². The molecule has 0 bridgehead atoms. The fraction of sp³-hybridized carbons (Fsp3) is 0.250. The average molecular weight is 274 g/mol. The van der Waals surface area contributed by atoms with Crippen molar-refractivity contribution in [3.05, 3.63) is 54.6 Å². The van der Waals surface area contributed by atoms with Crippen molar-refractivity contribution < 1.29 is 9.84 Å². The Kier molecular flexibility index (Phi) is 5.31. The number of rotatable bonds is 6. The fourth-order valence-corrected chi connectivity index (χ4v) is 2.38. The maximum absolute atomic E-state index is 9.44. The number of aliphatic hydroxyl groups excluding tert-OH is 1. The van der Waals surface area contributed by atoms with E-state index in [0.29, 0.717) is 13.0 Å². The van der Waals surface area contributed by atoms with E-state index >= 15 is 0 Å². The third-order valence-electron chi connectivity index (χ3n) is 2.72. The summed E-state index contributed by atoms with van der Waals surface area (Å²) in [6.07, 6.45) is 0.320. The van der Waals surface area contributed by atoms with Crippen molar-refractivity contribution in [2.75, 3.05) is 6.61 Å². The Labute approximate surface area is 118 Å². The molecule has 2 nitrogen and oxygen atoms in total. The van der Waals surface area contributed by atoms with Crippen molar-refractivity contribution in [1.29, 1.82) is 0 Å². The molecule has 0 spiro atoms. The van der Waals surface area contributed by atoms with Crippen LogP contribution in [0.1, 0.15) is 13.3 Å². The smallest absolute Gasteiger partial charge is 0.119 e. The van der Waals surface area contributed by atoms with Gasteiger partial charge < -0.3 is 9.84 Å². The van der Waals surface area contributed by atoms with Gasteiger partial charge in [0.25, 0.3) is 0 Å². The molecule has 2 aromatic rings. The van der Waals surface area contributed by atoms with Gasteiger partial charge in [0, 0.05) is 9.79 Å². The molecule has 0 aliphatic heterocycles. The Morgan fingerprint density at radius 3 is 2.26 bits per heavy atom. The lowest BCUT2D eigenvalue weighted by atomic mass is 10.3. The van der Waals surface area contributed by atoms with Crippen molar-refractivity contribution >= 4 is 11.8 Å². The first-order valence-corrected chi connectivity index (χ1v) is 7.23. The van der Waals surface area contributed by atoms with E-state index in [9.17, 15) is 5.11 Å². The minimum atomic E-state index is -0.390. The molecule has 0 saturated carbocycles. The second-order valence-corrected chi connectivity index (χ2v) is 5.41. The van der Waals surface area contributed by atoms with E-state index in [1.54, 1.807) is 11.8 Å². The Balaban J connectivity index is 1.91. The lowest BCUT2D eigenvalue weighted by molar-refractivity contribution is 0.104. The Morgan fingerprint density at radius 1 is 1.00 bits per heavy atom. The van der Waals surface area contributed by atoms with E-state index < -0.39 is 6.10 Å². The minimum Gasteiger partial charge on any atom is -0.491 e. The first kappa shape index (κ1) is 14.0. The molecule has 0 amide bonds. The van der Waals surface area contributed by atoms with Gasteiger partial charge in [0.05, 0.1) is 6.10 Å². The molecule has 100 valence electrons. The molecule has 0 aliphatic carbocycles. The molecule has 0 radical (unpaired) electrons. The second-order valence-electron chi connectivity index (χ2n) is 4.26. The van der Waals surface area contributed by atoms with Crippen molar-refractivity contribution in [2.24, 2.45) is 0 Å². The van der Waals surface area contributed by atoms with Crippen LogP contribution in [0.3, 0.4) is 0 Å². The Morgan fingerprint density at radius 2 is 1.63 bits per heavy atom. The SMILES string of the molecule is CCC(O)COc1ccc(Sc2ccccc2)cc1. The van der Waals surface area contributed by atoms with Crippen LogP contribution in [0, 0.1) is 0 Å². The monoisotopic (exact) mass is 274 g/mol. The lowest BCUT2D eigenvalue weighted by Gasteiger charge is -2.10.